The largest absolute Gasteiger partial charge is 0.481 e. The number of hydrogen-bond acceptors (Lipinski definition) is 13. The fourth-order valence-electron chi connectivity index (χ4n) is 5.28. The van der Waals surface area contributed by atoms with E-state index in [0.717, 1.165) is 19.8 Å². The van der Waals surface area contributed by atoms with Gasteiger partial charge in [0.2, 0.25) is 5.79 Å². The number of unbranched alkanes of at least 4 members (excludes halogenated alkanes) is 14. The van der Waals surface area contributed by atoms with Gasteiger partial charge in [-0.3, -0.25) is 9.59 Å². The van der Waals surface area contributed by atoms with Crippen LogP contribution in [0.15, 0.2) is 0 Å². The number of hydrogen-bond donors (Lipinski definition) is 10. The average molecular weight is 687 g/mol. The minimum atomic E-state index is -2.22. The maximum atomic E-state index is 10.3. The van der Waals surface area contributed by atoms with Crippen LogP contribution in [0.5, 0.6) is 0 Å². The third-order valence-electron chi connectivity index (χ3n) is 8.06. The van der Waals surface area contributed by atoms with Gasteiger partial charge in [0, 0.05) is 13.3 Å². The first-order valence-electron chi connectivity index (χ1n) is 17.0. The van der Waals surface area contributed by atoms with Crippen molar-refractivity contribution in [3.8, 4) is 0 Å². The predicted octanol–water partition coefficient (Wildman–Crippen LogP) is 1.03. The van der Waals surface area contributed by atoms with Crippen LogP contribution in [0.4, 0.5) is 0 Å². The van der Waals surface area contributed by atoms with Gasteiger partial charge in [0.1, 0.15) is 49.3 Å². The lowest BCUT2D eigenvalue weighted by molar-refractivity contribution is -0.383. The number of carboxylic acids is 2. The highest BCUT2D eigenvalue weighted by Crippen LogP contribution is 2.35. The van der Waals surface area contributed by atoms with Crippen molar-refractivity contribution in [2.75, 3.05) is 19.8 Å². The van der Waals surface area contributed by atoms with E-state index in [-0.39, 0.29) is 0 Å². The van der Waals surface area contributed by atoms with E-state index in [2.05, 4.69) is 6.92 Å². The summed E-state index contributed by atoms with van der Waals surface area (Å²) in [6.07, 6.45) is 7.55. The number of rotatable bonds is 21. The van der Waals surface area contributed by atoms with E-state index < -0.39 is 86.6 Å². The average Bonchev–Trinajstić information content (AvgIpc) is 3.28. The molecule has 2 aliphatic rings. The summed E-state index contributed by atoms with van der Waals surface area (Å²) in [5.74, 6) is -3.71. The maximum Gasteiger partial charge on any atom is 0.303 e. The van der Waals surface area contributed by atoms with Crippen molar-refractivity contribution in [2.45, 2.75) is 171 Å². The van der Waals surface area contributed by atoms with E-state index in [4.69, 9.17) is 39.4 Å². The number of ether oxygens (including phenoxy) is 3. The molecule has 2 fully saturated rings. The van der Waals surface area contributed by atoms with Gasteiger partial charge in [-0.2, -0.15) is 0 Å². The highest BCUT2D eigenvalue weighted by Gasteiger charge is 2.58. The van der Waals surface area contributed by atoms with Gasteiger partial charge in [0.25, 0.3) is 5.97 Å². The summed E-state index contributed by atoms with van der Waals surface area (Å²) in [6.45, 7) is 1.03. The van der Waals surface area contributed by atoms with Crippen LogP contribution in [-0.4, -0.2) is 138 Å². The van der Waals surface area contributed by atoms with E-state index in [1.54, 1.807) is 0 Å². The molecular weight excluding hydrogens is 624 g/mol. The first-order chi connectivity index (χ1) is 22.3. The molecule has 9 atom stereocenters. The highest BCUT2D eigenvalue weighted by molar-refractivity contribution is 5.66. The Morgan fingerprint density at radius 1 is 0.638 bits per heavy atom. The number of aliphatic hydroxyl groups is 8. The smallest absolute Gasteiger partial charge is 0.303 e. The van der Waals surface area contributed by atoms with Crippen molar-refractivity contribution in [1.29, 1.82) is 0 Å². The number of carboxylic acid groups (broad SMARTS) is 2. The van der Waals surface area contributed by atoms with Crippen LogP contribution >= 0.6 is 0 Å². The first kappa shape index (κ1) is 45.5. The topological polar surface area (TPSA) is 264 Å². The van der Waals surface area contributed by atoms with Crippen molar-refractivity contribution in [3.05, 3.63) is 0 Å². The van der Waals surface area contributed by atoms with Crippen LogP contribution in [0.2, 0.25) is 0 Å². The lowest BCUT2D eigenvalue weighted by Crippen LogP contribution is -2.62. The zero-order chi connectivity index (χ0) is 35.8. The standard InChI is InChI=1S/C18H36O2.C12H22O11.C2H4O2/c1-2-3-4-5-6-7-8-9-10-11-12-13-14-15-16-17-18(19)20;13-1-4-6(16)8(18)9(19)11(21-4)23-12(3-15)10(20)7(17)5(2-14)22-12;1-2(3)4/h2-17H2,1H3,(H,19,20);4-11,13-20H,1-3H2;1H3,(H,3,4)/t;4-,5-,6-,7-,8+,9-,10+,11-,12+;/m.1./s1. The summed E-state index contributed by atoms with van der Waals surface area (Å²) < 4.78 is 15.4. The van der Waals surface area contributed by atoms with Crippen LogP contribution in [0.1, 0.15) is 117 Å². The van der Waals surface area contributed by atoms with Crippen LogP contribution in [0.25, 0.3) is 0 Å². The Morgan fingerprint density at radius 2 is 1.06 bits per heavy atom. The Hall–Kier alpha value is -1.50. The molecule has 0 bridgehead atoms. The van der Waals surface area contributed by atoms with E-state index in [0.29, 0.717) is 6.42 Å². The molecular formula is C32H62O15. The zero-order valence-corrected chi connectivity index (χ0v) is 28.1. The molecule has 2 aliphatic heterocycles. The monoisotopic (exact) mass is 686 g/mol. The maximum absolute atomic E-state index is 10.3. The summed E-state index contributed by atoms with van der Waals surface area (Å²) in [7, 11) is 0. The third kappa shape index (κ3) is 18.2. The van der Waals surface area contributed by atoms with Gasteiger partial charge in [-0.15, -0.1) is 0 Å². The fourth-order valence-corrected chi connectivity index (χ4v) is 5.28. The molecule has 10 N–H and O–H groups in total. The Labute approximate surface area is 278 Å². The molecule has 2 heterocycles. The van der Waals surface area contributed by atoms with Gasteiger partial charge in [-0.1, -0.05) is 96.8 Å². The lowest BCUT2D eigenvalue weighted by Gasteiger charge is -2.43. The van der Waals surface area contributed by atoms with Crippen LogP contribution in [0.3, 0.4) is 0 Å². The van der Waals surface area contributed by atoms with Crippen molar-refractivity contribution in [2.24, 2.45) is 0 Å². The lowest BCUT2D eigenvalue weighted by atomic mass is 9.99. The van der Waals surface area contributed by atoms with Gasteiger partial charge in [-0.05, 0) is 6.42 Å². The Morgan fingerprint density at radius 3 is 1.43 bits per heavy atom. The molecule has 0 amide bonds. The molecule has 47 heavy (non-hydrogen) atoms. The molecule has 15 nitrogen and oxygen atoms in total. The Balaban J connectivity index is 0.000000816. The normalized spacial score (nSPS) is 30.2. The molecule has 280 valence electrons. The molecule has 0 aromatic rings. The van der Waals surface area contributed by atoms with E-state index in [1.165, 1.54) is 83.5 Å². The SMILES string of the molecule is CC(=O)O.CCCCCCCCCCCCCCCCCC(=O)O.OC[C@H]1O[C@@](CO)(O[C@H]2O[C@H](CO)[C@@H](O)[C@H](O)[C@H]2O)[C@@H](O)[C@@H]1O. The quantitative estimate of drug-likeness (QED) is 0.0756. The minimum Gasteiger partial charge on any atom is -0.481 e. The minimum absolute atomic E-state index is 0.345. The number of carbonyl (C=O) groups is 2. The summed E-state index contributed by atoms with van der Waals surface area (Å²) in [5.41, 5.74) is 0. The third-order valence-corrected chi connectivity index (χ3v) is 8.06. The van der Waals surface area contributed by atoms with E-state index in [1.807, 2.05) is 0 Å². The van der Waals surface area contributed by atoms with Crippen molar-refractivity contribution >= 4 is 11.9 Å². The summed E-state index contributed by atoms with van der Waals surface area (Å²) in [4.78, 5) is 19.3. The molecule has 0 aromatic heterocycles. The van der Waals surface area contributed by atoms with Crippen molar-refractivity contribution < 1.29 is 74.9 Å². The summed E-state index contributed by atoms with van der Waals surface area (Å²) in [6, 6.07) is 0. The fraction of sp³-hybridized carbons (Fsp3) is 0.938. The van der Waals surface area contributed by atoms with Gasteiger partial charge in [0.05, 0.1) is 13.2 Å². The van der Waals surface area contributed by atoms with Crippen LogP contribution in [0, 0.1) is 0 Å². The second kappa shape index (κ2) is 26.4. The van der Waals surface area contributed by atoms with Crippen LogP contribution < -0.4 is 0 Å². The molecule has 0 spiro atoms. The van der Waals surface area contributed by atoms with Gasteiger partial charge in [0.15, 0.2) is 6.29 Å². The summed E-state index contributed by atoms with van der Waals surface area (Å²) in [5, 5.41) is 92.6. The molecule has 0 radical (unpaired) electrons. The Bertz CT molecular complexity index is 796. The van der Waals surface area contributed by atoms with Crippen molar-refractivity contribution in [1.82, 2.24) is 0 Å². The highest BCUT2D eigenvalue weighted by atomic mass is 16.8. The van der Waals surface area contributed by atoms with Crippen molar-refractivity contribution in [3.63, 3.8) is 0 Å². The Kier molecular flexibility index (Phi) is 25.5. The second-order valence-corrected chi connectivity index (χ2v) is 12.2. The first-order valence-corrected chi connectivity index (χ1v) is 17.0. The molecule has 2 rings (SSSR count). The van der Waals surface area contributed by atoms with Gasteiger partial charge in [-0.25, -0.2) is 0 Å². The molecule has 0 saturated carbocycles. The number of aliphatic hydroxyl groups excluding tert-OH is 8. The number of aliphatic carboxylic acids is 2. The molecule has 0 aromatic carbocycles. The predicted molar refractivity (Wildman–Crippen MR) is 169 cm³/mol. The van der Waals surface area contributed by atoms with E-state index >= 15 is 0 Å². The van der Waals surface area contributed by atoms with Gasteiger partial charge < -0.3 is 65.3 Å². The van der Waals surface area contributed by atoms with Crippen LogP contribution in [-0.2, 0) is 23.8 Å². The van der Waals surface area contributed by atoms with Gasteiger partial charge >= 0.3 is 5.97 Å². The molecule has 0 aliphatic carbocycles. The molecule has 15 heteroatoms. The second-order valence-electron chi connectivity index (χ2n) is 12.2. The molecule has 2 saturated heterocycles. The summed E-state index contributed by atoms with van der Waals surface area (Å²) >= 11 is 0. The molecule has 0 unspecified atom stereocenters. The zero-order valence-electron chi connectivity index (χ0n) is 28.1. The van der Waals surface area contributed by atoms with E-state index in [9.17, 15) is 35.4 Å².